The number of nitrogens with one attached hydrogen (secondary N) is 1. The number of para-hydroxylation sites is 1. The third kappa shape index (κ3) is 2.68. The Kier molecular flexibility index (Phi) is 4.08. The molecule has 3 N–H and O–H groups in total. The predicted octanol–water partition coefficient (Wildman–Crippen LogP) is 2.87. The Morgan fingerprint density at radius 2 is 1.91 bits per heavy atom. The van der Waals surface area contributed by atoms with Crippen LogP contribution in [0.5, 0.6) is 0 Å². The Balaban J connectivity index is 2.34. The van der Waals surface area contributed by atoms with Crippen molar-refractivity contribution in [3.8, 4) is 0 Å². The molecule has 0 spiro atoms. The first-order chi connectivity index (χ1) is 11.1. The van der Waals surface area contributed by atoms with Crippen molar-refractivity contribution < 1.29 is 4.92 Å². The maximum Gasteiger partial charge on any atom is 0.293 e. The van der Waals surface area contributed by atoms with E-state index in [0.717, 1.165) is 18.4 Å². The molecule has 1 aromatic heterocycles. The number of unbranched alkanes of at least 4 members (excludes halogenated alkanes) is 1. The highest BCUT2D eigenvalue weighted by Gasteiger charge is 2.18. The number of benzene rings is 2. The van der Waals surface area contributed by atoms with Gasteiger partial charge >= 0.3 is 0 Å². The van der Waals surface area contributed by atoms with Crippen molar-refractivity contribution in [2.45, 2.75) is 19.3 Å². The molecule has 0 aliphatic carbocycles. The average Bonchev–Trinajstić information content (AvgIpc) is 2.55. The Labute approximate surface area is 132 Å². The van der Waals surface area contributed by atoms with Gasteiger partial charge in [-0.3, -0.25) is 14.9 Å². The fourth-order valence-corrected chi connectivity index (χ4v) is 2.90. The molecule has 0 saturated carbocycles. The second-order valence-electron chi connectivity index (χ2n) is 5.50. The average molecular weight is 311 g/mol. The normalized spacial score (nSPS) is 11.2. The summed E-state index contributed by atoms with van der Waals surface area (Å²) in [5.74, 6) is 0. The van der Waals surface area contributed by atoms with Crippen LogP contribution in [0.1, 0.15) is 18.4 Å². The van der Waals surface area contributed by atoms with Crippen molar-refractivity contribution in [1.29, 1.82) is 0 Å². The third-order valence-electron chi connectivity index (χ3n) is 4.02. The van der Waals surface area contributed by atoms with E-state index in [1.807, 2.05) is 0 Å². The van der Waals surface area contributed by atoms with Crippen molar-refractivity contribution in [3.63, 3.8) is 0 Å². The Bertz CT molecular complexity index is 947. The molecule has 3 rings (SSSR count). The van der Waals surface area contributed by atoms with Crippen LogP contribution in [0.4, 0.5) is 5.69 Å². The molecule has 0 atom stereocenters. The number of hydrogen-bond donors (Lipinski definition) is 2. The van der Waals surface area contributed by atoms with Crippen molar-refractivity contribution in [1.82, 2.24) is 4.98 Å². The molecule has 1 heterocycles. The highest BCUT2D eigenvalue weighted by molar-refractivity contribution is 5.98. The zero-order valence-corrected chi connectivity index (χ0v) is 12.5. The number of nitrogens with zero attached hydrogens (tertiary/aromatic N) is 1. The monoisotopic (exact) mass is 311 g/mol. The van der Waals surface area contributed by atoms with Gasteiger partial charge in [-0.1, -0.05) is 18.2 Å². The van der Waals surface area contributed by atoms with Crippen LogP contribution < -0.4 is 11.2 Å². The van der Waals surface area contributed by atoms with E-state index in [4.69, 9.17) is 5.73 Å². The summed E-state index contributed by atoms with van der Waals surface area (Å²) >= 11 is 0. The summed E-state index contributed by atoms with van der Waals surface area (Å²) in [4.78, 5) is 26.8. The van der Waals surface area contributed by atoms with Crippen molar-refractivity contribution in [2.24, 2.45) is 5.73 Å². The lowest BCUT2D eigenvalue weighted by atomic mass is 9.99. The summed E-state index contributed by atoms with van der Waals surface area (Å²) in [5.41, 5.74) is 7.00. The van der Waals surface area contributed by atoms with Gasteiger partial charge in [-0.15, -0.1) is 0 Å². The molecule has 6 nitrogen and oxygen atoms in total. The first kappa shape index (κ1) is 15.2. The SMILES string of the molecule is NCCCCc1ccc([N+](=O)[O-])c2[nH]c3ccccc3c(=O)c12. The predicted molar refractivity (Wildman–Crippen MR) is 90.7 cm³/mol. The standard InChI is InChI=1S/C17H17N3O3/c18-10-4-3-5-11-8-9-14(20(22)23)16-15(11)17(21)12-6-1-2-7-13(12)19-16/h1-2,6-9H,3-5,10,18H2,(H,19,21). The zero-order chi connectivity index (χ0) is 16.4. The number of hydrogen-bond acceptors (Lipinski definition) is 4. The van der Waals surface area contributed by atoms with E-state index < -0.39 is 4.92 Å². The number of nitro groups is 1. The van der Waals surface area contributed by atoms with Crippen LogP contribution in [-0.2, 0) is 6.42 Å². The van der Waals surface area contributed by atoms with E-state index in [1.165, 1.54) is 6.07 Å². The molecule has 0 aliphatic heterocycles. The number of aromatic amines is 1. The van der Waals surface area contributed by atoms with Crippen LogP contribution in [0.2, 0.25) is 0 Å². The van der Waals surface area contributed by atoms with E-state index in [1.54, 1.807) is 30.3 Å². The van der Waals surface area contributed by atoms with Crippen molar-refractivity contribution in [2.75, 3.05) is 6.54 Å². The molecule has 0 amide bonds. The highest BCUT2D eigenvalue weighted by Crippen LogP contribution is 2.27. The molecule has 0 fully saturated rings. The minimum Gasteiger partial charge on any atom is -0.349 e. The van der Waals surface area contributed by atoms with Gasteiger partial charge in [0.25, 0.3) is 5.69 Å². The Morgan fingerprint density at radius 1 is 1.13 bits per heavy atom. The first-order valence-corrected chi connectivity index (χ1v) is 7.54. The fraction of sp³-hybridized carbons (Fsp3) is 0.235. The minimum atomic E-state index is -0.462. The summed E-state index contributed by atoms with van der Waals surface area (Å²) in [6.45, 7) is 0.588. The van der Waals surface area contributed by atoms with Crippen LogP contribution >= 0.6 is 0 Å². The number of pyridine rings is 1. The Hall–Kier alpha value is -2.73. The number of rotatable bonds is 5. The number of fused-ring (bicyclic) bond motifs is 2. The molecule has 0 unspecified atom stereocenters. The summed E-state index contributed by atoms with van der Waals surface area (Å²) < 4.78 is 0. The van der Waals surface area contributed by atoms with E-state index in [2.05, 4.69) is 4.98 Å². The topological polar surface area (TPSA) is 102 Å². The van der Waals surface area contributed by atoms with Gasteiger partial charge in [0, 0.05) is 17.0 Å². The molecule has 0 aliphatic rings. The quantitative estimate of drug-likeness (QED) is 0.327. The molecular weight excluding hydrogens is 294 g/mol. The lowest BCUT2D eigenvalue weighted by Gasteiger charge is -2.08. The number of non-ortho nitro benzene ring substituents is 1. The van der Waals surface area contributed by atoms with Crippen LogP contribution in [0.3, 0.4) is 0 Å². The Morgan fingerprint density at radius 3 is 2.65 bits per heavy atom. The van der Waals surface area contributed by atoms with Crippen LogP contribution in [0.25, 0.3) is 21.8 Å². The molecular formula is C17H17N3O3. The van der Waals surface area contributed by atoms with E-state index in [0.29, 0.717) is 34.8 Å². The third-order valence-corrected chi connectivity index (χ3v) is 4.02. The fourth-order valence-electron chi connectivity index (χ4n) is 2.90. The first-order valence-electron chi connectivity index (χ1n) is 7.54. The van der Waals surface area contributed by atoms with Crippen molar-refractivity contribution in [3.05, 3.63) is 62.3 Å². The van der Waals surface area contributed by atoms with Crippen LogP contribution in [0, 0.1) is 10.1 Å². The van der Waals surface area contributed by atoms with Gasteiger partial charge in [-0.05, 0) is 43.5 Å². The summed E-state index contributed by atoms with van der Waals surface area (Å²) in [7, 11) is 0. The zero-order valence-electron chi connectivity index (χ0n) is 12.5. The molecule has 118 valence electrons. The maximum absolute atomic E-state index is 12.8. The number of nitrogens with two attached hydrogens (primary N) is 1. The number of aryl methyl sites for hydroxylation is 1. The lowest BCUT2D eigenvalue weighted by Crippen LogP contribution is -2.09. The van der Waals surface area contributed by atoms with Crippen molar-refractivity contribution >= 4 is 27.5 Å². The van der Waals surface area contributed by atoms with Gasteiger partial charge in [-0.2, -0.15) is 0 Å². The van der Waals surface area contributed by atoms with Gasteiger partial charge in [0.15, 0.2) is 5.43 Å². The van der Waals surface area contributed by atoms with Gasteiger partial charge in [0.05, 0.1) is 10.3 Å². The largest absolute Gasteiger partial charge is 0.349 e. The number of H-pyrrole nitrogens is 1. The van der Waals surface area contributed by atoms with Crippen LogP contribution in [-0.4, -0.2) is 16.5 Å². The smallest absolute Gasteiger partial charge is 0.293 e. The summed E-state index contributed by atoms with van der Waals surface area (Å²) in [6.07, 6.45) is 2.37. The summed E-state index contributed by atoms with van der Waals surface area (Å²) in [5, 5.41) is 12.3. The van der Waals surface area contributed by atoms with Crippen LogP contribution in [0.15, 0.2) is 41.2 Å². The van der Waals surface area contributed by atoms with Gasteiger partial charge in [-0.25, -0.2) is 0 Å². The van der Waals surface area contributed by atoms with Gasteiger partial charge in [0.2, 0.25) is 0 Å². The number of nitro benzene ring substituents is 1. The molecule has 0 bridgehead atoms. The maximum atomic E-state index is 12.8. The molecule has 2 aromatic carbocycles. The van der Waals surface area contributed by atoms with E-state index >= 15 is 0 Å². The molecule has 6 heteroatoms. The second kappa shape index (κ2) is 6.18. The highest BCUT2D eigenvalue weighted by atomic mass is 16.6. The van der Waals surface area contributed by atoms with E-state index in [9.17, 15) is 14.9 Å². The van der Waals surface area contributed by atoms with E-state index in [-0.39, 0.29) is 11.1 Å². The van der Waals surface area contributed by atoms with Gasteiger partial charge in [0.1, 0.15) is 5.52 Å². The second-order valence-corrected chi connectivity index (χ2v) is 5.50. The lowest BCUT2D eigenvalue weighted by molar-refractivity contribution is -0.383. The molecule has 3 aromatic rings. The molecule has 0 saturated heterocycles. The summed E-state index contributed by atoms with van der Waals surface area (Å²) in [6, 6.07) is 10.2. The minimum absolute atomic E-state index is 0.0783. The van der Waals surface area contributed by atoms with Gasteiger partial charge < -0.3 is 10.7 Å². The molecule has 0 radical (unpaired) electrons. The number of aromatic nitrogens is 1. The molecule has 23 heavy (non-hydrogen) atoms.